The molecule has 0 aliphatic heterocycles. The molecule has 1 aromatic carbocycles. The Labute approximate surface area is 202 Å². The Bertz CT molecular complexity index is 1090. The molecule has 0 bridgehead atoms. The number of thiazole rings is 1. The van der Waals surface area contributed by atoms with Crippen molar-refractivity contribution >= 4 is 45.4 Å². The van der Waals surface area contributed by atoms with Crippen LogP contribution < -0.4 is 10.6 Å². The number of carboxylic acids is 1. The van der Waals surface area contributed by atoms with Crippen LogP contribution in [0.15, 0.2) is 41.8 Å². The van der Waals surface area contributed by atoms with E-state index in [0.29, 0.717) is 22.2 Å². The van der Waals surface area contributed by atoms with E-state index < -0.39 is 5.97 Å². The van der Waals surface area contributed by atoms with Gasteiger partial charge >= 0.3 is 5.97 Å². The number of carbonyl (C=O) groups excluding carboxylic acids is 1. The Morgan fingerprint density at radius 3 is 2.73 bits per heavy atom. The molecule has 3 aromatic rings. The third-order valence-electron chi connectivity index (χ3n) is 6.01. The number of hydrogen-bond acceptors (Lipinski definition) is 6. The van der Waals surface area contributed by atoms with Gasteiger partial charge in [0.05, 0.1) is 17.0 Å². The van der Waals surface area contributed by atoms with Gasteiger partial charge in [0.15, 0.2) is 5.13 Å². The van der Waals surface area contributed by atoms with Gasteiger partial charge in [-0.15, -0.1) is 22.7 Å². The second-order valence-electron chi connectivity index (χ2n) is 8.49. The molecule has 33 heavy (non-hydrogen) atoms. The zero-order valence-corrected chi connectivity index (χ0v) is 20.1. The molecule has 0 radical (unpaired) electrons. The summed E-state index contributed by atoms with van der Waals surface area (Å²) in [7, 11) is 0. The highest BCUT2D eigenvalue weighted by Gasteiger charge is 2.15. The lowest BCUT2D eigenvalue weighted by Crippen LogP contribution is -2.10. The van der Waals surface area contributed by atoms with Crippen molar-refractivity contribution in [2.75, 3.05) is 10.6 Å². The first-order chi connectivity index (χ1) is 16.1. The van der Waals surface area contributed by atoms with E-state index in [1.807, 2.05) is 12.1 Å². The van der Waals surface area contributed by atoms with Crippen molar-refractivity contribution in [1.82, 2.24) is 4.98 Å². The number of aliphatic carboxylic acids is 1. The fraction of sp³-hybridized carbons (Fsp3) is 0.400. The van der Waals surface area contributed by atoms with Gasteiger partial charge in [0.25, 0.3) is 5.91 Å². The van der Waals surface area contributed by atoms with Crippen molar-refractivity contribution < 1.29 is 14.7 Å². The van der Waals surface area contributed by atoms with E-state index in [1.165, 1.54) is 72.4 Å². The van der Waals surface area contributed by atoms with Gasteiger partial charge in [-0.2, -0.15) is 0 Å². The van der Waals surface area contributed by atoms with Crippen LogP contribution in [0.4, 0.5) is 10.8 Å². The van der Waals surface area contributed by atoms with Crippen LogP contribution in [0.1, 0.15) is 64.3 Å². The third-order valence-corrected chi connectivity index (χ3v) is 7.90. The summed E-state index contributed by atoms with van der Waals surface area (Å²) < 4.78 is 0. The minimum Gasteiger partial charge on any atom is -0.481 e. The predicted octanol–water partition coefficient (Wildman–Crippen LogP) is 6.21. The summed E-state index contributed by atoms with van der Waals surface area (Å²) in [5.74, 6) is -0.303. The topological polar surface area (TPSA) is 91.3 Å². The lowest BCUT2D eigenvalue weighted by molar-refractivity contribution is -0.136. The number of amides is 1. The molecular weight excluding hydrogens is 454 g/mol. The number of rotatable bonds is 10. The molecule has 0 saturated heterocycles. The van der Waals surface area contributed by atoms with Gasteiger partial charge in [0.2, 0.25) is 0 Å². The summed E-state index contributed by atoms with van der Waals surface area (Å²) in [6.45, 7) is 0.665. The second-order valence-corrected chi connectivity index (χ2v) is 10.5. The van der Waals surface area contributed by atoms with Gasteiger partial charge in [-0.3, -0.25) is 14.9 Å². The van der Waals surface area contributed by atoms with Gasteiger partial charge < -0.3 is 10.4 Å². The number of thiophene rings is 1. The Kier molecular flexibility index (Phi) is 8.12. The Balaban J connectivity index is 1.30. The number of benzene rings is 1. The van der Waals surface area contributed by atoms with E-state index in [2.05, 4.69) is 39.9 Å². The Morgan fingerprint density at radius 2 is 1.91 bits per heavy atom. The zero-order chi connectivity index (χ0) is 23.0. The average Bonchev–Trinajstić information content (AvgIpc) is 3.47. The zero-order valence-electron chi connectivity index (χ0n) is 18.5. The quantitative estimate of drug-likeness (QED) is 0.319. The standard InChI is InChI=1S/C25H29N3O3S2/c29-23(30)14-19-16-32-25(27-19)28-24(31)22-13-12-20(33-22)15-26-21-9-5-4-8-18(21)11-10-17-6-2-1-3-7-17/h4-5,8-9,12-13,16-17,26H,1-3,6-7,10-11,14-15H2,(H,29,30)(H,27,28,31). The largest absolute Gasteiger partial charge is 0.481 e. The molecule has 2 aromatic heterocycles. The van der Waals surface area contributed by atoms with Crippen LogP contribution in [0.3, 0.4) is 0 Å². The molecule has 0 atom stereocenters. The smallest absolute Gasteiger partial charge is 0.309 e. The van der Waals surface area contributed by atoms with Gasteiger partial charge in [0.1, 0.15) is 0 Å². The maximum Gasteiger partial charge on any atom is 0.309 e. The number of nitrogens with zero attached hydrogens (tertiary/aromatic N) is 1. The predicted molar refractivity (Wildman–Crippen MR) is 134 cm³/mol. The molecule has 1 amide bonds. The molecule has 3 N–H and O–H groups in total. The molecule has 4 rings (SSSR count). The maximum absolute atomic E-state index is 12.6. The molecule has 1 aliphatic rings. The van der Waals surface area contributed by atoms with Crippen molar-refractivity contribution in [3.05, 3.63) is 62.8 Å². The molecule has 0 unspecified atom stereocenters. The Hall–Kier alpha value is -2.71. The van der Waals surface area contributed by atoms with Crippen LogP contribution in [-0.4, -0.2) is 22.0 Å². The number of para-hydroxylation sites is 1. The molecule has 1 fully saturated rings. The van der Waals surface area contributed by atoms with Crippen LogP contribution >= 0.6 is 22.7 Å². The summed E-state index contributed by atoms with van der Waals surface area (Å²) in [6.07, 6.45) is 9.11. The first-order valence-electron chi connectivity index (χ1n) is 11.4. The van der Waals surface area contributed by atoms with Crippen LogP contribution in [-0.2, 0) is 24.2 Å². The number of aryl methyl sites for hydroxylation is 1. The lowest BCUT2D eigenvalue weighted by atomic mass is 9.85. The first kappa shape index (κ1) is 23.4. The van der Waals surface area contributed by atoms with Gasteiger partial charge in [0, 0.05) is 22.5 Å². The van der Waals surface area contributed by atoms with E-state index >= 15 is 0 Å². The molecule has 0 spiro atoms. The molecule has 174 valence electrons. The highest BCUT2D eigenvalue weighted by atomic mass is 32.1. The van der Waals surface area contributed by atoms with E-state index in [4.69, 9.17) is 5.11 Å². The van der Waals surface area contributed by atoms with E-state index in [0.717, 1.165) is 17.2 Å². The summed E-state index contributed by atoms with van der Waals surface area (Å²) >= 11 is 2.68. The number of carboxylic acid groups (broad SMARTS) is 1. The van der Waals surface area contributed by atoms with Crippen molar-refractivity contribution in [1.29, 1.82) is 0 Å². The normalized spacial score (nSPS) is 14.2. The Morgan fingerprint density at radius 1 is 1.09 bits per heavy atom. The van der Waals surface area contributed by atoms with Crippen LogP contribution in [0, 0.1) is 5.92 Å². The van der Waals surface area contributed by atoms with Crippen molar-refractivity contribution in [2.45, 2.75) is 57.9 Å². The van der Waals surface area contributed by atoms with E-state index in [-0.39, 0.29) is 12.3 Å². The first-order valence-corrected chi connectivity index (χ1v) is 13.1. The number of aromatic nitrogens is 1. The monoisotopic (exact) mass is 483 g/mol. The van der Waals surface area contributed by atoms with Crippen molar-refractivity contribution in [2.24, 2.45) is 5.92 Å². The average molecular weight is 484 g/mol. The SMILES string of the molecule is O=C(O)Cc1csc(NC(=O)c2ccc(CNc3ccccc3CCC3CCCCC3)s2)n1. The number of carbonyl (C=O) groups is 2. The summed E-state index contributed by atoms with van der Waals surface area (Å²) in [6, 6.07) is 12.3. The van der Waals surface area contributed by atoms with E-state index in [1.54, 1.807) is 5.38 Å². The number of nitrogens with one attached hydrogen (secondary N) is 2. The molecular formula is C25H29N3O3S2. The lowest BCUT2D eigenvalue weighted by Gasteiger charge is -2.22. The third kappa shape index (κ3) is 6.88. The minimum absolute atomic E-state index is 0.149. The van der Waals surface area contributed by atoms with Crippen molar-refractivity contribution in [3.63, 3.8) is 0 Å². The molecule has 2 heterocycles. The highest BCUT2D eigenvalue weighted by Crippen LogP contribution is 2.29. The molecule has 6 nitrogen and oxygen atoms in total. The summed E-state index contributed by atoms with van der Waals surface area (Å²) in [5.41, 5.74) is 2.97. The van der Waals surface area contributed by atoms with Crippen LogP contribution in [0.5, 0.6) is 0 Å². The molecule has 1 aliphatic carbocycles. The van der Waals surface area contributed by atoms with Gasteiger partial charge in [-0.05, 0) is 42.5 Å². The van der Waals surface area contributed by atoms with Crippen LogP contribution in [0.2, 0.25) is 0 Å². The number of anilines is 2. The second kappa shape index (κ2) is 11.4. The fourth-order valence-corrected chi connectivity index (χ4v) is 5.83. The summed E-state index contributed by atoms with van der Waals surface area (Å²) in [4.78, 5) is 29.2. The van der Waals surface area contributed by atoms with Crippen LogP contribution in [0.25, 0.3) is 0 Å². The van der Waals surface area contributed by atoms with E-state index in [9.17, 15) is 9.59 Å². The van der Waals surface area contributed by atoms with Gasteiger partial charge in [-0.1, -0.05) is 50.3 Å². The highest BCUT2D eigenvalue weighted by molar-refractivity contribution is 7.15. The molecule has 8 heteroatoms. The molecule has 1 saturated carbocycles. The number of hydrogen-bond donors (Lipinski definition) is 3. The fourth-order valence-electron chi connectivity index (χ4n) is 4.28. The maximum atomic E-state index is 12.6. The van der Waals surface area contributed by atoms with Crippen molar-refractivity contribution in [3.8, 4) is 0 Å². The minimum atomic E-state index is -0.941. The summed E-state index contributed by atoms with van der Waals surface area (Å²) in [5, 5.41) is 17.2. The van der Waals surface area contributed by atoms with Gasteiger partial charge in [-0.25, -0.2) is 4.98 Å².